The van der Waals surface area contributed by atoms with Crippen molar-refractivity contribution in [3.05, 3.63) is 51.7 Å². The van der Waals surface area contributed by atoms with Crippen LogP contribution in [0.2, 0.25) is 5.02 Å². The molecule has 2 saturated heterocycles. The van der Waals surface area contributed by atoms with E-state index in [4.69, 9.17) is 11.6 Å². The number of anilines is 1. The molecule has 8 heteroatoms. The third kappa shape index (κ3) is 5.79. The Morgan fingerprint density at radius 2 is 1.71 bits per heavy atom. The molecule has 0 aliphatic carbocycles. The Morgan fingerprint density at radius 3 is 2.35 bits per heavy atom. The number of amides is 3. The fourth-order valence-electron chi connectivity index (χ4n) is 4.46. The quantitative estimate of drug-likeness (QED) is 0.677. The SMILES string of the molecule is O=C(Nc1ccc(Cl)cc1)N[C@H](C(=O)N1CCC(N2CCCCC2)CC1)c1cccs1. The zero-order chi connectivity index (χ0) is 21.6. The van der Waals surface area contributed by atoms with Crippen molar-refractivity contribution in [2.24, 2.45) is 0 Å². The van der Waals surface area contributed by atoms with E-state index < -0.39 is 12.1 Å². The summed E-state index contributed by atoms with van der Waals surface area (Å²) in [5.74, 6) is -0.0363. The molecule has 2 aromatic rings. The molecule has 0 radical (unpaired) electrons. The summed E-state index contributed by atoms with van der Waals surface area (Å²) in [6.45, 7) is 3.84. The summed E-state index contributed by atoms with van der Waals surface area (Å²) in [5.41, 5.74) is 0.627. The van der Waals surface area contributed by atoms with Gasteiger partial charge in [-0.15, -0.1) is 11.3 Å². The summed E-state index contributed by atoms with van der Waals surface area (Å²) in [6, 6.07) is 10.2. The summed E-state index contributed by atoms with van der Waals surface area (Å²) in [6.07, 6.45) is 5.90. The van der Waals surface area contributed by atoms with E-state index >= 15 is 0 Å². The van der Waals surface area contributed by atoms with E-state index in [9.17, 15) is 9.59 Å². The second-order valence-corrected chi connectivity index (χ2v) is 9.62. The van der Waals surface area contributed by atoms with E-state index in [-0.39, 0.29) is 5.91 Å². The number of hydrogen-bond donors (Lipinski definition) is 2. The molecule has 0 unspecified atom stereocenters. The molecule has 3 heterocycles. The Bertz CT molecular complexity index is 860. The fraction of sp³-hybridized carbons (Fsp3) is 0.478. The highest BCUT2D eigenvalue weighted by atomic mass is 35.5. The monoisotopic (exact) mass is 460 g/mol. The number of hydrogen-bond acceptors (Lipinski definition) is 4. The van der Waals surface area contributed by atoms with Gasteiger partial charge in [0.15, 0.2) is 0 Å². The van der Waals surface area contributed by atoms with E-state index in [0.29, 0.717) is 16.8 Å². The van der Waals surface area contributed by atoms with Gasteiger partial charge in [-0.25, -0.2) is 4.79 Å². The van der Waals surface area contributed by atoms with E-state index in [1.54, 1.807) is 24.3 Å². The van der Waals surface area contributed by atoms with Crippen LogP contribution in [-0.2, 0) is 4.79 Å². The molecule has 3 amide bonds. The van der Waals surface area contributed by atoms with Crippen LogP contribution in [0.4, 0.5) is 10.5 Å². The van der Waals surface area contributed by atoms with Crippen LogP contribution in [0.15, 0.2) is 41.8 Å². The molecule has 2 aliphatic rings. The average Bonchev–Trinajstić information content (AvgIpc) is 3.34. The number of likely N-dealkylation sites (tertiary alicyclic amines) is 2. The van der Waals surface area contributed by atoms with Gasteiger partial charge >= 0.3 is 6.03 Å². The summed E-state index contributed by atoms with van der Waals surface area (Å²) in [5, 5.41) is 8.20. The number of rotatable bonds is 5. The van der Waals surface area contributed by atoms with Gasteiger partial charge < -0.3 is 20.4 Å². The Hall–Kier alpha value is -2.09. The normalized spacial score (nSPS) is 19.1. The molecule has 1 aromatic heterocycles. The van der Waals surface area contributed by atoms with Gasteiger partial charge in [-0.3, -0.25) is 4.79 Å². The number of thiophene rings is 1. The number of piperidine rings is 2. The minimum absolute atomic E-state index is 0.0363. The van der Waals surface area contributed by atoms with Gasteiger partial charge in [-0.1, -0.05) is 24.1 Å². The van der Waals surface area contributed by atoms with Crippen LogP contribution in [0.5, 0.6) is 0 Å². The lowest BCUT2D eigenvalue weighted by Crippen LogP contribution is -2.51. The Morgan fingerprint density at radius 1 is 1.00 bits per heavy atom. The second kappa shape index (κ2) is 10.5. The van der Waals surface area contributed by atoms with Crippen molar-refractivity contribution in [3.63, 3.8) is 0 Å². The van der Waals surface area contributed by atoms with Gasteiger partial charge in [-0.2, -0.15) is 0 Å². The zero-order valence-corrected chi connectivity index (χ0v) is 19.1. The first-order chi connectivity index (χ1) is 15.1. The summed E-state index contributed by atoms with van der Waals surface area (Å²) in [4.78, 5) is 31.3. The van der Waals surface area contributed by atoms with Crippen LogP contribution >= 0.6 is 22.9 Å². The molecule has 31 heavy (non-hydrogen) atoms. The fourth-order valence-corrected chi connectivity index (χ4v) is 5.35. The highest BCUT2D eigenvalue weighted by Crippen LogP contribution is 2.26. The maximum absolute atomic E-state index is 13.4. The van der Waals surface area contributed by atoms with Gasteiger partial charge in [0.05, 0.1) is 0 Å². The summed E-state index contributed by atoms with van der Waals surface area (Å²) in [7, 11) is 0. The lowest BCUT2D eigenvalue weighted by atomic mass is 9.99. The van der Waals surface area contributed by atoms with Gasteiger partial charge in [0.1, 0.15) is 6.04 Å². The van der Waals surface area contributed by atoms with Crippen molar-refractivity contribution in [3.8, 4) is 0 Å². The van der Waals surface area contributed by atoms with Gasteiger partial charge in [0.2, 0.25) is 0 Å². The van der Waals surface area contributed by atoms with Crippen molar-refractivity contribution in [1.29, 1.82) is 0 Å². The maximum atomic E-state index is 13.4. The molecular weight excluding hydrogens is 432 g/mol. The predicted octanol–water partition coefficient (Wildman–Crippen LogP) is 4.74. The Kier molecular flexibility index (Phi) is 7.48. The smallest absolute Gasteiger partial charge is 0.320 e. The molecule has 0 spiro atoms. The molecule has 2 fully saturated rings. The Balaban J connectivity index is 1.37. The first kappa shape index (κ1) is 22.1. The molecular formula is C23H29ClN4O2S. The largest absolute Gasteiger partial charge is 0.340 e. The third-order valence-electron chi connectivity index (χ3n) is 6.14. The molecule has 2 N–H and O–H groups in total. The van der Waals surface area contributed by atoms with Crippen molar-refractivity contribution < 1.29 is 9.59 Å². The van der Waals surface area contributed by atoms with E-state index in [0.717, 1.165) is 30.8 Å². The van der Waals surface area contributed by atoms with E-state index in [1.807, 2.05) is 22.4 Å². The highest BCUT2D eigenvalue weighted by molar-refractivity contribution is 7.10. The lowest BCUT2D eigenvalue weighted by molar-refractivity contribution is -0.135. The lowest BCUT2D eigenvalue weighted by Gasteiger charge is -2.41. The van der Waals surface area contributed by atoms with Crippen LogP contribution in [0.1, 0.15) is 43.0 Å². The van der Waals surface area contributed by atoms with Gasteiger partial charge in [0, 0.05) is 34.7 Å². The van der Waals surface area contributed by atoms with Gasteiger partial charge in [0.25, 0.3) is 5.91 Å². The predicted molar refractivity (Wildman–Crippen MR) is 126 cm³/mol. The van der Waals surface area contributed by atoms with Crippen molar-refractivity contribution in [2.45, 2.75) is 44.2 Å². The second-order valence-electron chi connectivity index (χ2n) is 8.21. The number of urea groups is 1. The number of nitrogens with one attached hydrogen (secondary N) is 2. The number of carbonyl (C=O) groups is 2. The molecule has 1 aromatic carbocycles. The average molecular weight is 461 g/mol. The van der Waals surface area contributed by atoms with E-state index in [2.05, 4.69) is 15.5 Å². The minimum Gasteiger partial charge on any atom is -0.340 e. The highest BCUT2D eigenvalue weighted by Gasteiger charge is 2.32. The van der Waals surface area contributed by atoms with Gasteiger partial charge in [-0.05, 0) is 74.5 Å². The summed E-state index contributed by atoms with van der Waals surface area (Å²) >= 11 is 7.39. The maximum Gasteiger partial charge on any atom is 0.320 e. The van der Waals surface area contributed by atoms with Crippen LogP contribution < -0.4 is 10.6 Å². The van der Waals surface area contributed by atoms with Crippen LogP contribution in [0.25, 0.3) is 0 Å². The van der Waals surface area contributed by atoms with Crippen molar-refractivity contribution in [2.75, 3.05) is 31.5 Å². The molecule has 4 rings (SSSR count). The standard InChI is InChI=1S/C23H29ClN4O2S/c24-17-6-8-18(9-7-17)25-23(30)26-21(20-5-4-16-31-20)22(29)28-14-10-19(11-15-28)27-12-2-1-3-13-27/h4-9,16,19,21H,1-3,10-15H2,(H2,25,26,30)/t21-/m0/s1. The number of benzene rings is 1. The Labute approximate surface area is 192 Å². The first-order valence-corrected chi connectivity index (χ1v) is 12.3. The molecule has 166 valence electrons. The zero-order valence-electron chi connectivity index (χ0n) is 17.6. The molecule has 2 aliphatic heterocycles. The van der Waals surface area contributed by atoms with E-state index in [1.165, 1.54) is 43.7 Å². The van der Waals surface area contributed by atoms with Crippen molar-refractivity contribution >= 4 is 40.6 Å². The molecule has 0 bridgehead atoms. The third-order valence-corrected chi connectivity index (χ3v) is 7.32. The molecule has 1 atom stereocenters. The van der Waals surface area contributed by atoms with Crippen LogP contribution in [0, 0.1) is 0 Å². The minimum atomic E-state index is -0.682. The van der Waals surface area contributed by atoms with Crippen molar-refractivity contribution in [1.82, 2.24) is 15.1 Å². The number of halogens is 1. The number of carbonyl (C=O) groups excluding carboxylic acids is 2. The molecule has 6 nitrogen and oxygen atoms in total. The topological polar surface area (TPSA) is 64.7 Å². The summed E-state index contributed by atoms with van der Waals surface area (Å²) < 4.78 is 0. The van der Waals surface area contributed by atoms with Crippen LogP contribution in [-0.4, -0.2) is 54.0 Å². The first-order valence-electron chi connectivity index (χ1n) is 11.0. The molecule has 0 saturated carbocycles. The van der Waals surface area contributed by atoms with Crippen LogP contribution in [0.3, 0.4) is 0 Å². The number of nitrogens with zero attached hydrogens (tertiary/aromatic N) is 2.